The van der Waals surface area contributed by atoms with Crippen molar-refractivity contribution in [3.05, 3.63) is 64.9 Å². The smallest absolute Gasteiger partial charge is 0.240 e. The van der Waals surface area contributed by atoms with Crippen LogP contribution in [0.4, 0.5) is 4.39 Å². The summed E-state index contributed by atoms with van der Waals surface area (Å²) in [4.78, 5) is -0.164. The molecule has 2 aromatic carbocycles. The van der Waals surface area contributed by atoms with Crippen LogP contribution in [-0.4, -0.2) is 20.1 Å². The third-order valence-corrected chi connectivity index (χ3v) is 4.89. The Kier molecular flexibility index (Phi) is 4.87. The Morgan fingerprint density at radius 1 is 1.23 bits per heavy atom. The van der Waals surface area contributed by atoms with Crippen molar-refractivity contribution in [2.75, 3.05) is 6.54 Å². The average Bonchev–Trinajstić information content (AvgIpc) is 2.49. The minimum atomic E-state index is -3.90. The van der Waals surface area contributed by atoms with Crippen molar-refractivity contribution >= 4 is 21.6 Å². The summed E-state index contributed by atoms with van der Waals surface area (Å²) in [6, 6.07) is 11.8. The van der Waals surface area contributed by atoms with E-state index >= 15 is 0 Å². The Hall–Kier alpha value is -1.47. The lowest BCUT2D eigenvalue weighted by atomic mass is 9.97. The number of hydrogen-bond donors (Lipinski definition) is 2. The zero-order chi connectivity index (χ0) is 16.4. The van der Waals surface area contributed by atoms with Gasteiger partial charge in [-0.05, 0) is 30.7 Å². The van der Waals surface area contributed by atoms with E-state index in [-0.39, 0.29) is 16.5 Å². The molecule has 0 bridgehead atoms. The molecule has 0 aliphatic carbocycles. The van der Waals surface area contributed by atoms with Crippen molar-refractivity contribution in [1.82, 2.24) is 4.72 Å². The van der Waals surface area contributed by atoms with Crippen molar-refractivity contribution in [3.63, 3.8) is 0 Å². The van der Waals surface area contributed by atoms with Gasteiger partial charge in [0.05, 0.1) is 9.92 Å². The van der Waals surface area contributed by atoms with Crippen molar-refractivity contribution in [2.45, 2.75) is 17.4 Å². The molecule has 0 saturated heterocycles. The minimum Gasteiger partial charge on any atom is -0.384 e. The number of nitrogens with one attached hydrogen (secondary N) is 1. The summed E-state index contributed by atoms with van der Waals surface area (Å²) >= 11 is 5.59. The predicted octanol–water partition coefficient (Wildman–Crippen LogP) is 2.67. The van der Waals surface area contributed by atoms with Crippen molar-refractivity contribution < 1.29 is 17.9 Å². The molecule has 2 rings (SSSR count). The highest BCUT2D eigenvalue weighted by molar-refractivity contribution is 7.89. The monoisotopic (exact) mass is 343 g/mol. The maximum Gasteiger partial charge on any atom is 0.240 e. The van der Waals surface area contributed by atoms with Gasteiger partial charge >= 0.3 is 0 Å². The van der Waals surface area contributed by atoms with E-state index in [4.69, 9.17) is 11.6 Å². The average molecular weight is 344 g/mol. The van der Waals surface area contributed by atoms with Gasteiger partial charge in [-0.1, -0.05) is 41.9 Å². The number of hydrogen-bond acceptors (Lipinski definition) is 3. The molecule has 1 atom stereocenters. The topological polar surface area (TPSA) is 66.4 Å². The third-order valence-electron chi connectivity index (χ3n) is 3.20. The van der Waals surface area contributed by atoms with Crippen LogP contribution in [0.25, 0.3) is 0 Å². The summed E-state index contributed by atoms with van der Waals surface area (Å²) < 4.78 is 39.7. The Morgan fingerprint density at radius 3 is 2.45 bits per heavy atom. The van der Waals surface area contributed by atoms with Crippen LogP contribution in [-0.2, 0) is 15.6 Å². The second-order valence-electron chi connectivity index (χ2n) is 5.04. The number of halogens is 2. The molecule has 2 N–H and O–H groups in total. The van der Waals surface area contributed by atoms with E-state index in [1.165, 1.54) is 6.92 Å². The van der Waals surface area contributed by atoms with Gasteiger partial charge < -0.3 is 5.11 Å². The maximum absolute atomic E-state index is 13.1. The van der Waals surface area contributed by atoms with Gasteiger partial charge in [0.2, 0.25) is 10.0 Å². The van der Waals surface area contributed by atoms with Gasteiger partial charge in [-0.3, -0.25) is 0 Å². The molecule has 2 aromatic rings. The van der Waals surface area contributed by atoms with Crippen LogP contribution in [0.3, 0.4) is 0 Å². The molecule has 0 fully saturated rings. The van der Waals surface area contributed by atoms with Gasteiger partial charge in [0, 0.05) is 6.54 Å². The van der Waals surface area contributed by atoms with Gasteiger partial charge in [0.1, 0.15) is 11.4 Å². The standard InChI is InChI=1S/C15H15ClFNO3S/c1-15(19,11-5-3-2-4-6-11)10-18-22(20,21)12-7-8-14(17)13(16)9-12/h2-9,18-19H,10H2,1H3/t15-/m1/s1. The molecule has 0 aliphatic heterocycles. The molecular formula is C15H15ClFNO3S. The largest absolute Gasteiger partial charge is 0.384 e. The number of sulfonamides is 1. The first-order valence-electron chi connectivity index (χ1n) is 6.45. The molecule has 0 aliphatic rings. The molecule has 0 saturated carbocycles. The molecule has 0 spiro atoms. The van der Waals surface area contributed by atoms with Crippen molar-refractivity contribution in [2.24, 2.45) is 0 Å². The van der Waals surface area contributed by atoms with E-state index in [0.29, 0.717) is 5.56 Å². The summed E-state index contributed by atoms with van der Waals surface area (Å²) in [6.45, 7) is 1.27. The van der Waals surface area contributed by atoms with E-state index in [1.54, 1.807) is 30.3 Å². The Bertz CT molecular complexity index is 764. The minimum absolute atomic E-state index is 0.164. The van der Waals surface area contributed by atoms with E-state index in [0.717, 1.165) is 18.2 Å². The van der Waals surface area contributed by atoms with Crippen LogP contribution >= 0.6 is 11.6 Å². The first kappa shape index (κ1) is 16.9. The molecular weight excluding hydrogens is 329 g/mol. The molecule has 4 nitrogen and oxygen atoms in total. The Labute approximate surface area is 133 Å². The summed E-state index contributed by atoms with van der Waals surface area (Å²) in [6.07, 6.45) is 0. The Morgan fingerprint density at radius 2 is 1.86 bits per heavy atom. The van der Waals surface area contributed by atoms with Gasteiger partial charge in [-0.15, -0.1) is 0 Å². The van der Waals surface area contributed by atoms with E-state index in [2.05, 4.69) is 4.72 Å². The fourth-order valence-electron chi connectivity index (χ4n) is 1.86. The molecule has 0 amide bonds. The molecule has 7 heteroatoms. The van der Waals surface area contributed by atoms with Gasteiger partial charge in [0.25, 0.3) is 0 Å². The van der Waals surface area contributed by atoms with Gasteiger partial charge in [0.15, 0.2) is 0 Å². The van der Waals surface area contributed by atoms with Crippen LogP contribution < -0.4 is 4.72 Å². The first-order chi connectivity index (χ1) is 10.2. The van der Waals surface area contributed by atoms with Crippen molar-refractivity contribution in [3.8, 4) is 0 Å². The summed E-state index contributed by atoms with van der Waals surface area (Å²) in [5.74, 6) is -0.697. The highest BCUT2D eigenvalue weighted by atomic mass is 35.5. The summed E-state index contributed by atoms with van der Waals surface area (Å²) in [5, 5.41) is 10.1. The molecule has 0 radical (unpaired) electrons. The van der Waals surface area contributed by atoms with E-state index in [9.17, 15) is 17.9 Å². The van der Waals surface area contributed by atoms with E-state index < -0.39 is 21.4 Å². The maximum atomic E-state index is 13.1. The lowest BCUT2D eigenvalue weighted by molar-refractivity contribution is 0.0627. The van der Waals surface area contributed by atoms with Crippen LogP contribution in [0.1, 0.15) is 12.5 Å². The number of aliphatic hydroxyl groups is 1. The fourth-order valence-corrected chi connectivity index (χ4v) is 3.27. The normalized spacial score (nSPS) is 14.5. The first-order valence-corrected chi connectivity index (χ1v) is 8.31. The quantitative estimate of drug-likeness (QED) is 0.877. The summed E-state index contributed by atoms with van der Waals surface area (Å²) in [5.41, 5.74) is -0.798. The molecule has 0 heterocycles. The van der Waals surface area contributed by atoms with Crippen LogP contribution in [0.5, 0.6) is 0 Å². The van der Waals surface area contributed by atoms with Crippen molar-refractivity contribution in [1.29, 1.82) is 0 Å². The predicted molar refractivity (Wildman–Crippen MR) is 82.6 cm³/mol. The molecule has 0 unspecified atom stereocenters. The molecule has 22 heavy (non-hydrogen) atoms. The molecule has 118 valence electrons. The fraction of sp³-hybridized carbons (Fsp3) is 0.200. The molecule has 0 aromatic heterocycles. The van der Waals surface area contributed by atoms with Crippen LogP contribution in [0.15, 0.2) is 53.4 Å². The highest BCUT2D eigenvalue weighted by Crippen LogP contribution is 2.22. The number of benzene rings is 2. The van der Waals surface area contributed by atoms with Crippen LogP contribution in [0.2, 0.25) is 5.02 Å². The summed E-state index contributed by atoms with van der Waals surface area (Å²) in [7, 11) is -3.90. The second kappa shape index (κ2) is 6.34. The van der Waals surface area contributed by atoms with Gasteiger partial charge in [-0.25, -0.2) is 17.5 Å². The highest BCUT2D eigenvalue weighted by Gasteiger charge is 2.26. The SMILES string of the molecule is C[C@@](O)(CNS(=O)(=O)c1ccc(F)c(Cl)c1)c1ccccc1. The second-order valence-corrected chi connectivity index (χ2v) is 7.21. The number of rotatable bonds is 5. The lowest BCUT2D eigenvalue weighted by Crippen LogP contribution is -2.38. The van der Waals surface area contributed by atoms with Gasteiger partial charge in [-0.2, -0.15) is 0 Å². The van der Waals surface area contributed by atoms with E-state index in [1.807, 2.05) is 0 Å². The zero-order valence-electron chi connectivity index (χ0n) is 11.8. The lowest BCUT2D eigenvalue weighted by Gasteiger charge is -2.24. The van der Waals surface area contributed by atoms with Crippen LogP contribution in [0, 0.1) is 5.82 Å². The zero-order valence-corrected chi connectivity index (χ0v) is 13.3. The third kappa shape index (κ3) is 3.84. The Balaban J connectivity index is 2.17.